The van der Waals surface area contributed by atoms with Gasteiger partial charge in [0.1, 0.15) is 0 Å². The van der Waals surface area contributed by atoms with Crippen molar-refractivity contribution in [3.63, 3.8) is 0 Å². The molecule has 0 aliphatic heterocycles. The van der Waals surface area contributed by atoms with Crippen LogP contribution in [0.5, 0.6) is 0 Å². The molecule has 0 fully saturated rings. The molecule has 1 atom stereocenters. The van der Waals surface area contributed by atoms with Crippen molar-refractivity contribution in [3.8, 4) is 0 Å². The van der Waals surface area contributed by atoms with Crippen molar-refractivity contribution >= 4 is 16.5 Å². The molecule has 0 bridgehead atoms. The molecule has 1 aromatic heterocycles. The predicted molar refractivity (Wildman–Crippen MR) is 51.6 cm³/mol. The topological polar surface area (TPSA) is 45.1 Å². The van der Waals surface area contributed by atoms with Gasteiger partial charge in [0, 0.05) is 5.38 Å². The molecule has 1 rings (SSSR count). The Balaban J connectivity index is 2.50. The van der Waals surface area contributed by atoms with Gasteiger partial charge >= 0.3 is 0 Å². The second-order valence-corrected chi connectivity index (χ2v) is 3.58. The molecule has 0 radical (unpaired) electrons. The summed E-state index contributed by atoms with van der Waals surface area (Å²) in [5.41, 5.74) is 1.02. The first-order chi connectivity index (χ1) is 5.76. The smallest absolute Gasteiger partial charge is 0.183 e. The van der Waals surface area contributed by atoms with E-state index < -0.39 is 0 Å². The Bertz CT molecular complexity index is 233. The van der Waals surface area contributed by atoms with Crippen LogP contribution in [0.15, 0.2) is 5.38 Å². The van der Waals surface area contributed by atoms with Gasteiger partial charge in [-0.2, -0.15) is 0 Å². The zero-order chi connectivity index (χ0) is 8.97. The second kappa shape index (κ2) is 4.42. The molecule has 0 aliphatic rings. The van der Waals surface area contributed by atoms with Crippen molar-refractivity contribution in [1.82, 2.24) is 4.98 Å². The number of nitrogens with one attached hydrogen (secondary N) is 1. The summed E-state index contributed by atoms with van der Waals surface area (Å²) in [6.45, 7) is 4.16. The fraction of sp³-hybridized carbons (Fsp3) is 0.625. The molecule has 0 saturated carbocycles. The molecule has 0 spiro atoms. The fourth-order valence-electron chi connectivity index (χ4n) is 0.872. The van der Waals surface area contributed by atoms with Crippen molar-refractivity contribution < 1.29 is 5.11 Å². The van der Waals surface area contributed by atoms with E-state index in [1.54, 1.807) is 11.3 Å². The van der Waals surface area contributed by atoms with Crippen LogP contribution in [0, 0.1) is 6.92 Å². The molecule has 0 amide bonds. The standard InChI is InChI=1S/C8H14N2OS/c1-3-7(4-11)10-8-9-6(2)5-12-8/h5,7,11H,3-4H2,1-2H3,(H,9,10). The zero-order valence-electron chi connectivity index (χ0n) is 7.37. The Morgan fingerprint density at radius 1 is 1.75 bits per heavy atom. The molecule has 12 heavy (non-hydrogen) atoms. The summed E-state index contributed by atoms with van der Waals surface area (Å²) in [6.07, 6.45) is 0.912. The normalized spacial score (nSPS) is 12.9. The lowest BCUT2D eigenvalue weighted by molar-refractivity contribution is 0.272. The van der Waals surface area contributed by atoms with Crippen LogP contribution in [0.3, 0.4) is 0 Å². The number of aliphatic hydroxyl groups is 1. The van der Waals surface area contributed by atoms with Gasteiger partial charge in [-0.25, -0.2) is 4.98 Å². The SMILES string of the molecule is CCC(CO)Nc1nc(C)cs1. The first kappa shape index (κ1) is 9.48. The van der Waals surface area contributed by atoms with Gasteiger partial charge < -0.3 is 10.4 Å². The van der Waals surface area contributed by atoms with Gasteiger partial charge in [-0.15, -0.1) is 11.3 Å². The molecule has 1 aromatic rings. The van der Waals surface area contributed by atoms with Gasteiger partial charge in [0.05, 0.1) is 18.3 Å². The first-order valence-electron chi connectivity index (χ1n) is 4.05. The van der Waals surface area contributed by atoms with Crippen molar-refractivity contribution in [2.45, 2.75) is 26.3 Å². The number of aryl methyl sites for hydroxylation is 1. The van der Waals surface area contributed by atoms with Crippen LogP contribution in [0.25, 0.3) is 0 Å². The van der Waals surface area contributed by atoms with Gasteiger partial charge in [0.2, 0.25) is 0 Å². The fourth-order valence-corrected chi connectivity index (χ4v) is 1.64. The Morgan fingerprint density at radius 3 is 2.92 bits per heavy atom. The minimum Gasteiger partial charge on any atom is -0.394 e. The highest BCUT2D eigenvalue weighted by molar-refractivity contribution is 7.13. The summed E-state index contributed by atoms with van der Waals surface area (Å²) < 4.78 is 0. The van der Waals surface area contributed by atoms with E-state index in [9.17, 15) is 0 Å². The second-order valence-electron chi connectivity index (χ2n) is 2.73. The lowest BCUT2D eigenvalue weighted by Crippen LogP contribution is -2.22. The maximum absolute atomic E-state index is 8.91. The molecule has 68 valence electrons. The van der Waals surface area contributed by atoms with Gasteiger partial charge in [0.15, 0.2) is 5.13 Å². The summed E-state index contributed by atoms with van der Waals surface area (Å²) in [4.78, 5) is 4.24. The van der Waals surface area contributed by atoms with E-state index in [1.165, 1.54) is 0 Å². The van der Waals surface area contributed by atoms with Gasteiger partial charge in [-0.3, -0.25) is 0 Å². The van der Waals surface area contributed by atoms with Gasteiger partial charge in [-0.1, -0.05) is 6.92 Å². The Labute approximate surface area is 76.5 Å². The molecule has 0 aromatic carbocycles. The van der Waals surface area contributed by atoms with Crippen molar-refractivity contribution in [2.75, 3.05) is 11.9 Å². The average molecular weight is 186 g/mol. The molecule has 4 heteroatoms. The monoisotopic (exact) mass is 186 g/mol. The molecule has 1 unspecified atom stereocenters. The quantitative estimate of drug-likeness (QED) is 0.751. The van der Waals surface area contributed by atoms with Crippen LogP contribution < -0.4 is 5.32 Å². The highest BCUT2D eigenvalue weighted by Crippen LogP contribution is 2.15. The van der Waals surface area contributed by atoms with E-state index >= 15 is 0 Å². The summed E-state index contributed by atoms with van der Waals surface area (Å²) >= 11 is 1.58. The Kier molecular flexibility index (Phi) is 3.49. The molecular formula is C8H14N2OS. The molecule has 1 heterocycles. The molecule has 2 N–H and O–H groups in total. The van der Waals surface area contributed by atoms with Gasteiger partial charge in [-0.05, 0) is 13.3 Å². The van der Waals surface area contributed by atoms with Crippen LogP contribution >= 0.6 is 11.3 Å². The third-order valence-electron chi connectivity index (χ3n) is 1.66. The highest BCUT2D eigenvalue weighted by Gasteiger charge is 2.05. The van der Waals surface area contributed by atoms with Crippen LogP contribution in [-0.2, 0) is 0 Å². The van der Waals surface area contributed by atoms with E-state index in [4.69, 9.17) is 5.11 Å². The number of rotatable bonds is 4. The summed E-state index contributed by atoms with van der Waals surface area (Å²) in [6, 6.07) is 0.135. The molecule has 3 nitrogen and oxygen atoms in total. The Hall–Kier alpha value is -0.610. The largest absolute Gasteiger partial charge is 0.394 e. The minimum atomic E-state index is 0.135. The highest BCUT2D eigenvalue weighted by atomic mass is 32.1. The van der Waals surface area contributed by atoms with E-state index in [0.29, 0.717) is 0 Å². The molecule has 0 saturated heterocycles. The first-order valence-corrected chi connectivity index (χ1v) is 4.93. The third kappa shape index (κ3) is 2.46. The van der Waals surface area contributed by atoms with E-state index in [2.05, 4.69) is 10.3 Å². The maximum Gasteiger partial charge on any atom is 0.183 e. The van der Waals surface area contributed by atoms with Crippen LogP contribution in [0.4, 0.5) is 5.13 Å². The number of hydrogen-bond acceptors (Lipinski definition) is 4. The molecular weight excluding hydrogens is 172 g/mol. The van der Waals surface area contributed by atoms with Crippen molar-refractivity contribution in [2.24, 2.45) is 0 Å². The average Bonchev–Trinajstić information content (AvgIpc) is 2.47. The van der Waals surface area contributed by atoms with E-state index in [0.717, 1.165) is 17.2 Å². The number of aromatic nitrogens is 1. The predicted octanol–water partition coefficient (Wildman–Crippen LogP) is 1.63. The lowest BCUT2D eigenvalue weighted by atomic mass is 10.2. The van der Waals surface area contributed by atoms with E-state index in [-0.39, 0.29) is 12.6 Å². The zero-order valence-corrected chi connectivity index (χ0v) is 8.19. The molecule has 0 aliphatic carbocycles. The van der Waals surface area contributed by atoms with Crippen LogP contribution in [0.2, 0.25) is 0 Å². The number of thiazole rings is 1. The lowest BCUT2D eigenvalue weighted by Gasteiger charge is -2.11. The Morgan fingerprint density at radius 2 is 2.50 bits per heavy atom. The number of anilines is 1. The summed E-state index contributed by atoms with van der Waals surface area (Å²) in [5, 5.41) is 15.0. The number of nitrogens with zero attached hydrogens (tertiary/aromatic N) is 1. The maximum atomic E-state index is 8.91. The summed E-state index contributed by atoms with van der Waals surface area (Å²) in [5.74, 6) is 0. The van der Waals surface area contributed by atoms with Crippen molar-refractivity contribution in [1.29, 1.82) is 0 Å². The van der Waals surface area contributed by atoms with Crippen LogP contribution in [-0.4, -0.2) is 22.7 Å². The van der Waals surface area contributed by atoms with Gasteiger partial charge in [0.25, 0.3) is 0 Å². The minimum absolute atomic E-state index is 0.135. The number of hydrogen-bond donors (Lipinski definition) is 2. The summed E-state index contributed by atoms with van der Waals surface area (Å²) in [7, 11) is 0. The van der Waals surface area contributed by atoms with Crippen LogP contribution in [0.1, 0.15) is 19.0 Å². The van der Waals surface area contributed by atoms with Crippen molar-refractivity contribution in [3.05, 3.63) is 11.1 Å². The third-order valence-corrected chi connectivity index (χ3v) is 2.55. The number of aliphatic hydroxyl groups excluding tert-OH is 1. The van der Waals surface area contributed by atoms with E-state index in [1.807, 2.05) is 19.2 Å².